The Hall–Kier alpha value is -2.94. The van der Waals surface area contributed by atoms with Crippen LogP contribution in [0.2, 0.25) is 0 Å². The minimum absolute atomic E-state index is 0.0479. The Balaban J connectivity index is 1.68. The van der Waals surface area contributed by atoms with Crippen LogP contribution in [0.1, 0.15) is 24.0 Å². The maximum Gasteiger partial charge on any atom is 0.261 e. The van der Waals surface area contributed by atoms with Gasteiger partial charge in [-0.25, -0.2) is 8.78 Å². The van der Waals surface area contributed by atoms with E-state index in [1.165, 1.54) is 12.1 Å². The number of amides is 1. The van der Waals surface area contributed by atoms with Crippen LogP contribution < -0.4 is 4.74 Å². The highest BCUT2D eigenvalue weighted by Crippen LogP contribution is 2.29. The topological polar surface area (TPSA) is 53.3 Å². The van der Waals surface area contributed by atoms with E-state index >= 15 is 0 Å². The number of ether oxygens (including phenoxy) is 1. The second kappa shape index (κ2) is 7.31. The summed E-state index contributed by atoms with van der Waals surface area (Å²) in [6.07, 6.45) is 1.70. The van der Waals surface area contributed by atoms with Crippen molar-refractivity contribution in [2.45, 2.75) is 25.4 Å². The molecule has 1 saturated carbocycles. The summed E-state index contributed by atoms with van der Waals surface area (Å²) in [6.45, 7) is -0.170. The Kier molecular flexibility index (Phi) is 4.94. The summed E-state index contributed by atoms with van der Waals surface area (Å²) in [5, 5.41) is 9.04. The molecule has 0 aromatic heterocycles. The van der Waals surface area contributed by atoms with Gasteiger partial charge in [-0.05, 0) is 31.0 Å². The summed E-state index contributed by atoms with van der Waals surface area (Å²) >= 11 is 0. The lowest BCUT2D eigenvalue weighted by Crippen LogP contribution is -2.36. The maximum absolute atomic E-state index is 13.9. The van der Waals surface area contributed by atoms with Crippen LogP contribution in [0.15, 0.2) is 42.5 Å². The number of nitriles is 1. The SMILES string of the molecule is N#Cc1ccccc1OCC(=O)N(Cc1ccc(F)cc1F)C1CC1. The molecule has 0 unspecified atom stereocenters. The van der Waals surface area contributed by atoms with Crippen LogP contribution in [0, 0.1) is 23.0 Å². The second-order valence-corrected chi connectivity index (χ2v) is 5.89. The van der Waals surface area contributed by atoms with Crippen molar-refractivity contribution in [3.8, 4) is 11.8 Å². The molecule has 1 aliphatic carbocycles. The third-order valence-electron chi connectivity index (χ3n) is 4.02. The molecule has 0 N–H and O–H groups in total. The molecule has 128 valence electrons. The molecule has 0 aliphatic heterocycles. The molecule has 0 radical (unpaired) electrons. The Morgan fingerprint density at radius 2 is 2.00 bits per heavy atom. The molecule has 1 aliphatic rings. The molecule has 4 nitrogen and oxygen atoms in total. The van der Waals surface area contributed by atoms with Crippen molar-refractivity contribution in [3.63, 3.8) is 0 Å². The standard InChI is InChI=1S/C19H16F2N2O2/c20-15-6-5-14(17(21)9-15)11-23(16-7-8-16)19(24)12-25-18-4-2-1-3-13(18)10-22/h1-6,9,16H,7-8,11-12H2. The van der Waals surface area contributed by atoms with Gasteiger partial charge in [0.05, 0.1) is 5.56 Å². The number of benzene rings is 2. The van der Waals surface area contributed by atoms with E-state index < -0.39 is 11.6 Å². The Labute approximate surface area is 144 Å². The van der Waals surface area contributed by atoms with Gasteiger partial charge in [0, 0.05) is 24.2 Å². The summed E-state index contributed by atoms with van der Waals surface area (Å²) < 4.78 is 32.4. The van der Waals surface area contributed by atoms with Crippen molar-refractivity contribution >= 4 is 5.91 Å². The van der Waals surface area contributed by atoms with Gasteiger partial charge in [-0.15, -0.1) is 0 Å². The number of hydrogen-bond donors (Lipinski definition) is 0. The number of hydrogen-bond acceptors (Lipinski definition) is 3. The minimum atomic E-state index is -0.672. The molecule has 3 rings (SSSR count). The smallest absolute Gasteiger partial charge is 0.261 e. The Morgan fingerprint density at radius 1 is 1.24 bits per heavy atom. The summed E-state index contributed by atoms with van der Waals surface area (Å²) in [4.78, 5) is 14.0. The predicted molar refractivity (Wildman–Crippen MR) is 86.6 cm³/mol. The first-order chi connectivity index (χ1) is 12.1. The summed E-state index contributed by atoms with van der Waals surface area (Å²) in [5.41, 5.74) is 0.608. The Bertz CT molecular complexity index is 828. The number of carbonyl (C=O) groups excluding carboxylic acids is 1. The van der Waals surface area contributed by atoms with Gasteiger partial charge < -0.3 is 9.64 Å². The molecular weight excluding hydrogens is 326 g/mol. The predicted octanol–water partition coefficient (Wildman–Crippen LogP) is 3.41. The molecule has 25 heavy (non-hydrogen) atoms. The van der Waals surface area contributed by atoms with E-state index in [1.54, 1.807) is 29.2 Å². The van der Waals surface area contributed by atoms with Crippen molar-refractivity contribution < 1.29 is 18.3 Å². The monoisotopic (exact) mass is 342 g/mol. The number of halogens is 2. The third-order valence-corrected chi connectivity index (χ3v) is 4.02. The Morgan fingerprint density at radius 3 is 2.68 bits per heavy atom. The molecule has 2 aromatic rings. The lowest BCUT2D eigenvalue weighted by Gasteiger charge is -2.23. The zero-order valence-electron chi connectivity index (χ0n) is 13.4. The van der Waals surface area contributed by atoms with Crippen molar-refractivity contribution in [2.24, 2.45) is 0 Å². The van der Waals surface area contributed by atoms with Crippen molar-refractivity contribution in [2.75, 3.05) is 6.61 Å². The van der Waals surface area contributed by atoms with Gasteiger partial charge in [0.2, 0.25) is 0 Å². The first-order valence-electron chi connectivity index (χ1n) is 7.94. The lowest BCUT2D eigenvalue weighted by atomic mass is 10.2. The molecule has 0 saturated heterocycles. The molecule has 0 bridgehead atoms. The quantitative estimate of drug-likeness (QED) is 0.808. The minimum Gasteiger partial charge on any atom is -0.482 e. The van der Waals surface area contributed by atoms with Crippen molar-refractivity contribution in [1.29, 1.82) is 5.26 Å². The van der Waals surface area contributed by atoms with E-state index in [2.05, 4.69) is 0 Å². The van der Waals surface area contributed by atoms with E-state index in [0.29, 0.717) is 11.3 Å². The highest BCUT2D eigenvalue weighted by atomic mass is 19.1. The zero-order valence-corrected chi connectivity index (χ0v) is 13.4. The lowest BCUT2D eigenvalue weighted by molar-refractivity contribution is -0.134. The van der Waals surface area contributed by atoms with Gasteiger partial charge in [-0.1, -0.05) is 18.2 Å². The van der Waals surface area contributed by atoms with E-state index in [-0.39, 0.29) is 30.7 Å². The van der Waals surface area contributed by atoms with Gasteiger partial charge in [-0.3, -0.25) is 4.79 Å². The van der Waals surface area contributed by atoms with E-state index in [9.17, 15) is 13.6 Å². The normalized spacial score (nSPS) is 13.2. The van der Waals surface area contributed by atoms with Crippen LogP contribution in [0.4, 0.5) is 8.78 Å². The molecule has 1 amide bonds. The van der Waals surface area contributed by atoms with Gasteiger partial charge in [0.15, 0.2) is 6.61 Å². The van der Waals surface area contributed by atoms with Crippen LogP contribution in [0.25, 0.3) is 0 Å². The summed E-state index contributed by atoms with van der Waals surface area (Å²) in [7, 11) is 0. The molecular formula is C19H16F2N2O2. The summed E-state index contributed by atoms with van der Waals surface area (Å²) in [6, 6.07) is 12.0. The van der Waals surface area contributed by atoms with Crippen LogP contribution >= 0.6 is 0 Å². The molecule has 1 fully saturated rings. The average Bonchev–Trinajstić information content (AvgIpc) is 3.44. The number of rotatable bonds is 6. The molecule has 6 heteroatoms. The van der Waals surface area contributed by atoms with Gasteiger partial charge in [-0.2, -0.15) is 5.26 Å². The van der Waals surface area contributed by atoms with E-state index in [1.807, 2.05) is 6.07 Å². The fraction of sp³-hybridized carbons (Fsp3) is 0.263. The highest BCUT2D eigenvalue weighted by Gasteiger charge is 2.33. The van der Waals surface area contributed by atoms with Crippen molar-refractivity contribution in [1.82, 2.24) is 4.90 Å². The molecule has 0 atom stereocenters. The first-order valence-corrected chi connectivity index (χ1v) is 7.94. The third kappa shape index (κ3) is 4.13. The number of carbonyl (C=O) groups is 1. The van der Waals surface area contributed by atoms with E-state index in [4.69, 9.17) is 10.00 Å². The molecule has 2 aromatic carbocycles. The van der Waals surface area contributed by atoms with E-state index in [0.717, 1.165) is 18.9 Å². The van der Waals surface area contributed by atoms with Crippen LogP contribution in [0.5, 0.6) is 5.75 Å². The fourth-order valence-electron chi connectivity index (χ4n) is 2.55. The van der Waals surface area contributed by atoms with Crippen molar-refractivity contribution in [3.05, 3.63) is 65.2 Å². The largest absolute Gasteiger partial charge is 0.482 e. The van der Waals surface area contributed by atoms with Gasteiger partial charge in [0.1, 0.15) is 23.5 Å². The number of para-hydroxylation sites is 1. The first kappa shape index (κ1) is 16.9. The van der Waals surface area contributed by atoms with Crippen LogP contribution in [-0.2, 0) is 11.3 Å². The van der Waals surface area contributed by atoms with Gasteiger partial charge >= 0.3 is 0 Å². The highest BCUT2D eigenvalue weighted by molar-refractivity contribution is 5.78. The average molecular weight is 342 g/mol. The van der Waals surface area contributed by atoms with Crippen LogP contribution in [0.3, 0.4) is 0 Å². The molecule has 0 heterocycles. The summed E-state index contributed by atoms with van der Waals surface area (Å²) in [5.74, 6) is -1.28. The number of nitrogens with zero attached hydrogens (tertiary/aromatic N) is 2. The van der Waals surface area contributed by atoms with Crippen LogP contribution in [-0.4, -0.2) is 23.5 Å². The zero-order chi connectivity index (χ0) is 17.8. The maximum atomic E-state index is 13.9. The second-order valence-electron chi connectivity index (χ2n) is 5.89. The molecule has 0 spiro atoms. The fourth-order valence-corrected chi connectivity index (χ4v) is 2.55. The van der Waals surface area contributed by atoms with Gasteiger partial charge in [0.25, 0.3) is 5.91 Å².